The first-order chi connectivity index (χ1) is 13.3. The molecule has 1 N–H and O–H groups in total. The van der Waals surface area contributed by atoms with Crippen LogP contribution in [-0.4, -0.2) is 19.3 Å². The highest BCUT2D eigenvalue weighted by Gasteiger charge is 2.12. The predicted molar refractivity (Wildman–Crippen MR) is 116 cm³/mol. The zero-order valence-electron chi connectivity index (χ0n) is 15.7. The smallest absolute Gasteiger partial charge is 0.0631 e. The van der Waals surface area contributed by atoms with Gasteiger partial charge in [-0.15, -0.1) is 0 Å². The Morgan fingerprint density at radius 2 is 1.56 bits per heavy atom. The molecule has 0 aromatic heterocycles. The summed E-state index contributed by atoms with van der Waals surface area (Å²) in [5.41, 5.74) is 6.87. The minimum Gasteiger partial charge on any atom is -0.372 e. The van der Waals surface area contributed by atoms with E-state index in [0.29, 0.717) is 0 Å². The number of aryl methyl sites for hydroxylation is 1. The zero-order valence-corrected chi connectivity index (χ0v) is 15.7. The standard InChI is InChI=1S/C24H25N3/c1-19-17-24(27-15-5-6-16-27)14-9-20(19)18-25-21-10-12-23(13-11-21)26-22-7-3-2-4-8-22/h2-4,7-14,17-18,26H,5-6,15-16H2,1H3. The summed E-state index contributed by atoms with van der Waals surface area (Å²) in [6.45, 7) is 4.51. The summed E-state index contributed by atoms with van der Waals surface area (Å²) in [5.74, 6) is 0. The molecule has 3 aromatic carbocycles. The SMILES string of the molecule is Cc1cc(N2CCCC2)ccc1C=Nc1ccc(Nc2ccccc2)cc1. The molecule has 1 heterocycles. The van der Waals surface area contributed by atoms with E-state index >= 15 is 0 Å². The van der Waals surface area contributed by atoms with Gasteiger partial charge in [-0.1, -0.05) is 24.3 Å². The number of aliphatic imine (C=N–C) groups is 1. The van der Waals surface area contributed by atoms with Crippen molar-refractivity contribution in [2.45, 2.75) is 19.8 Å². The molecular weight excluding hydrogens is 330 g/mol. The quantitative estimate of drug-likeness (QED) is 0.561. The monoisotopic (exact) mass is 355 g/mol. The highest BCUT2D eigenvalue weighted by Crippen LogP contribution is 2.24. The molecule has 3 heteroatoms. The van der Waals surface area contributed by atoms with Gasteiger partial charge in [-0.2, -0.15) is 0 Å². The number of benzene rings is 3. The van der Waals surface area contributed by atoms with Crippen LogP contribution in [0.2, 0.25) is 0 Å². The largest absolute Gasteiger partial charge is 0.372 e. The van der Waals surface area contributed by atoms with Crippen molar-refractivity contribution in [3.05, 3.63) is 83.9 Å². The second-order valence-corrected chi connectivity index (χ2v) is 7.03. The van der Waals surface area contributed by atoms with Gasteiger partial charge >= 0.3 is 0 Å². The maximum Gasteiger partial charge on any atom is 0.0631 e. The summed E-state index contributed by atoms with van der Waals surface area (Å²) in [5, 5.41) is 3.39. The van der Waals surface area contributed by atoms with Crippen LogP contribution in [-0.2, 0) is 0 Å². The summed E-state index contributed by atoms with van der Waals surface area (Å²) in [6, 6.07) is 25.0. The summed E-state index contributed by atoms with van der Waals surface area (Å²) in [6.07, 6.45) is 4.57. The van der Waals surface area contributed by atoms with Crippen LogP contribution in [0.4, 0.5) is 22.7 Å². The zero-order chi connectivity index (χ0) is 18.5. The third-order valence-corrected chi connectivity index (χ3v) is 5.01. The Hall–Kier alpha value is -3.07. The molecule has 0 saturated carbocycles. The normalized spacial score (nSPS) is 14.0. The van der Waals surface area contributed by atoms with E-state index in [1.807, 2.05) is 36.5 Å². The van der Waals surface area contributed by atoms with Gasteiger partial charge < -0.3 is 10.2 Å². The number of nitrogens with one attached hydrogen (secondary N) is 1. The van der Waals surface area contributed by atoms with Crippen LogP contribution >= 0.6 is 0 Å². The molecule has 136 valence electrons. The Labute approximate surface area is 161 Å². The van der Waals surface area contributed by atoms with Gasteiger partial charge in [0.05, 0.1) is 5.69 Å². The van der Waals surface area contributed by atoms with Gasteiger partial charge in [0, 0.05) is 36.4 Å². The lowest BCUT2D eigenvalue weighted by Crippen LogP contribution is -2.17. The second kappa shape index (κ2) is 8.09. The van der Waals surface area contributed by atoms with Gasteiger partial charge in [-0.05, 0) is 79.4 Å². The maximum absolute atomic E-state index is 4.65. The minimum atomic E-state index is 0.955. The van der Waals surface area contributed by atoms with Crippen LogP contribution in [0.15, 0.2) is 77.8 Å². The first-order valence-electron chi connectivity index (χ1n) is 9.60. The van der Waals surface area contributed by atoms with Crippen molar-refractivity contribution in [2.24, 2.45) is 4.99 Å². The Kier molecular flexibility index (Phi) is 5.20. The molecule has 0 spiro atoms. The minimum absolute atomic E-state index is 0.955. The third kappa shape index (κ3) is 4.37. The van der Waals surface area contributed by atoms with E-state index in [9.17, 15) is 0 Å². The average molecular weight is 355 g/mol. The maximum atomic E-state index is 4.65. The molecular formula is C24H25N3. The Bertz CT molecular complexity index is 908. The molecule has 1 aliphatic heterocycles. The number of rotatable bonds is 5. The van der Waals surface area contributed by atoms with Crippen LogP contribution in [0.3, 0.4) is 0 Å². The highest BCUT2D eigenvalue weighted by atomic mass is 15.1. The summed E-state index contributed by atoms with van der Waals surface area (Å²) in [4.78, 5) is 7.11. The van der Waals surface area contributed by atoms with Crippen molar-refractivity contribution in [1.82, 2.24) is 0 Å². The number of anilines is 3. The average Bonchev–Trinajstić information content (AvgIpc) is 3.24. The molecule has 0 radical (unpaired) electrons. The second-order valence-electron chi connectivity index (χ2n) is 7.03. The topological polar surface area (TPSA) is 27.6 Å². The van der Waals surface area contributed by atoms with E-state index < -0.39 is 0 Å². The van der Waals surface area contributed by atoms with Crippen molar-refractivity contribution in [3.8, 4) is 0 Å². The molecule has 27 heavy (non-hydrogen) atoms. The Morgan fingerprint density at radius 1 is 0.852 bits per heavy atom. The molecule has 0 amide bonds. The number of nitrogens with zero attached hydrogens (tertiary/aromatic N) is 2. The van der Waals surface area contributed by atoms with Crippen LogP contribution in [0, 0.1) is 6.92 Å². The first kappa shape index (κ1) is 17.3. The van der Waals surface area contributed by atoms with Crippen LogP contribution in [0.1, 0.15) is 24.0 Å². The van der Waals surface area contributed by atoms with Crippen LogP contribution < -0.4 is 10.2 Å². The molecule has 0 aliphatic carbocycles. The number of para-hydroxylation sites is 1. The van der Waals surface area contributed by atoms with Crippen molar-refractivity contribution in [1.29, 1.82) is 0 Å². The van der Waals surface area contributed by atoms with E-state index in [1.54, 1.807) is 0 Å². The Morgan fingerprint density at radius 3 is 2.26 bits per heavy atom. The first-order valence-corrected chi connectivity index (χ1v) is 9.60. The van der Waals surface area contributed by atoms with Gasteiger partial charge in [0.25, 0.3) is 0 Å². The molecule has 3 nitrogen and oxygen atoms in total. The summed E-state index contributed by atoms with van der Waals surface area (Å²) < 4.78 is 0. The van der Waals surface area contributed by atoms with Crippen molar-refractivity contribution in [3.63, 3.8) is 0 Å². The number of hydrogen-bond acceptors (Lipinski definition) is 3. The lowest BCUT2D eigenvalue weighted by molar-refractivity contribution is 0.949. The lowest BCUT2D eigenvalue weighted by Gasteiger charge is -2.18. The summed E-state index contributed by atoms with van der Waals surface area (Å²) >= 11 is 0. The molecule has 0 unspecified atom stereocenters. The molecule has 3 aromatic rings. The van der Waals surface area contributed by atoms with Gasteiger partial charge in [-0.3, -0.25) is 4.99 Å². The fourth-order valence-corrected chi connectivity index (χ4v) is 3.44. The third-order valence-electron chi connectivity index (χ3n) is 5.01. The fourth-order valence-electron chi connectivity index (χ4n) is 3.44. The fraction of sp³-hybridized carbons (Fsp3) is 0.208. The van der Waals surface area contributed by atoms with Crippen molar-refractivity contribution < 1.29 is 0 Å². The van der Waals surface area contributed by atoms with Gasteiger partial charge in [0.2, 0.25) is 0 Å². The molecule has 0 atom stereocenters. The van der Waals surface area contributed by atoms with Crippen LogP contribution in [0.5, 0.6) is 0 Å². The van der Waals surface area contributed by atoms with Crippen LogP contribution in [0.25, 0.3) is 0 Å². The van der Waals surface area contributed by atoms with E-state index in [1.165, 1.54) is 42.7 Å². The van der Waals surface area contributed by atoms with Crippen molar-refractivity contribution in [2.75, 3.05) is 23.3 Å². The molecule has 0 bridgehead atoms. The van der Waals surface area contributed by atoms with Gasteiger partial charge in [-0.25, -0.2) is 0 Å². The molecule has 4 rings (SSSR count). The number of hydrogen-bond donors (Lipinski definition) is 1. The van der Waals surface area contributed by atoms with E-state index in [2.05, 4.69) is 64.6 Å². The predicted octanol–water partition coefficient (Wildman–Crippen LogP) is 6.09. The van der Waals surface area contributed by atoms with E-state index in [-0.39, 0.29) is 0 Å². The molecule has 1 aliphatic rings. The lowest BCUT2D eigenvalue weighted by atomic mass is 10.1. The van der Waals surface area contributed by atoms with E-state index in [0.717, 1.165) is 17.1 Å². The van der Waals surface area contributed by atoms with Gasteiger partial charge in [0.15, 0.2) is 0 Å². The molecule has 1 saturated heterocycles. The van der Waals surface area contributed by atoms with Crippen molar-refractivity contribution >= 4 is 29.0 Å². The van der Waals surface area contributed by atoms with E-state index in [4.69, 9.17) is 0 Å². The highest BCUT2D eigenvalue weighted by molar-refractivity contribution is 5.84. The Balaban J connectivity index is 1.43. The summed E-state index contributed by atoms with van der Waals surface area (Å²) in [7, 11) is 0. The van der Waals surface area contributed by atoms with Gasteiger partial charge in [0.1, 0.15) is 0 Å². The molecule has 1 fully saturated rings.